The predicted octanol–water partition coefficient (Wildman–Crippen LogP) is 0.0350. The van der Waals surface area contributed by atoms with Crippen LogP contribution in [0.25, 0.3) is 0 Å². The van der Waals surface area contributed by atoms with Crippen LogP contribution in [0.15, 0.2) is 18.2 Å². The van der Waals surface area contributed by atoms with Crippen molar-refractivity contribution in [2.45, 2.75) is 0 Å². The first-order chi connectivity index (χ1) is 8.09. The average Bonchev–Trinajstić information content (AvgIpc) is 2.81. The Bertz CT molecular complexity index is 471. The molecule has 0 spiro atoms. The topological polar surface area (TPSA) is 98.9 Å². The Morgan fingerprint density at radius 3 is 2.59 bits per heavy atom. The highest BCUT2D eigenvalue weighted by Gasteiger charge is 2.33. The fraction of sp³-hybridized carbons (Fsp3) is 0.222. The number of nitrogens with zero attached hydrogens (tertiary/aromatic N) is 1. The molecule has 1 aromatic carbocycles. The third-order valence-corrected chi connectivity index (χ3v) is 2.35. The van der Waals surface area contributed by atoms with E-state index < -0.39 is 18.0 Å². The highest BCUT2D eigenvalue weighted by atomic mass is 16.6. The molecule has 1 aromatic rings. The molecule has 0 radical (unpaired) electrons. The molecule has 1 aliphatic heterocycles. The molecule has 0 bridgehead atoms. The van der Waals surface area contributed by atoms with Crippen LogP contribution in [-0.2, 0) is 9.31 Å². The highest BCUT2D eigenvalue weighted by molar-refractivity contribution is 6.63. The van der Waals surface area contributed by atoms with Crippen LogP contribution in [0.5, 0.6) is 0 Å². The first-order valence-electron chi connectivity index (χ1n) is 4.84. The number of carbonyl (C=O) groups is 1. The molecular weight excluding hydrogens is 229 g/mol. The van der Waals surface area contributed by atoms with Gasteiger partial charge in [-0.15, -0.1) is 0 Å². The molecule has 0 aromatic heterocycles. The Balaban J connectivity index is 2.44. The molecule has 8 heteroatoms. The number of nitro benzene ring substituents is 1. The van der Waals surface area contributed by atoms with Crippen LogP contribution in [-0.4, -0.2) is 36.3 Å². The zero-order valence-electron chi connectivity index (χ0n) is 8.66. The quantitative estimate of drug-likeness (QED) is 0.452. The molecule has 7 nitrogen and oxygen atoms in total. The second-order valence-electron chi connectivity index (χ2n) is 3.41. The van der Waals surface area contributed by atoms with Crippen LogP contribution in [0.4, 0.5) is 5.69 Å². The van der Waals surface area contributed by atoms with Crippen molar-refractivity contribution in [3.8, 4) is 0 Å². The fourth-order valence-corrected chi connectivity index (χ4v) is 1.57. The van der Waals surface area contributed by atoms with Crippen molar-refractivity contribution in [1.82, 2.24) is 0 Å². The van der Waals surface area contributed by atoms with Gasteiger partial charge >= 0.3 is 13.1 Å². The zero-order chi connectivity index (χ0) is 12.4. The van der Waals surface area contributed by atoms with Gasteiger partial charge < -0.3 is 14.4 Å². The summed E-state index contributed by atoms with van der Waals surface area (Å²) in [6.07, 6.45) is 0. The van der Waals surface area contributed by atoms with Gasteiger partial charge in [-0.05, 0) is 6.07 Å². The summed E-state index contributed by atoms with van der Waals surface area (Å²) in [6.45, 7) is 0.727. The Labute approximate surface area is 96.2 Å². The summed E-state index contributed by atoms with van der Waals surface area (Å²) < 4.78 is 10.3. The number of hydrogen-bond acceptors (Lipinski definition) is 5. The van der Waals surface area contributed by atoms with Crippen LogP contribution in [0.1, 0.15) is 10.4 Å². The maximum absolute atomic E-state index is 10.9. The predicted molar refractivity (Wildman–Crippen MR) is 57.3 cm³/mol. The minimum Gasteiger partial charge on any atom is -0.478 e. The molecule has 1 heterocycles. The second kappa shape index (κ2) is 4.52. The van der Waals surface area contributed by atoms with Crippen LogP contribution in [0, 0.1) is 10.1 Å². The molecule has 0 amide bonds. The Hall–Kier alpha value is -1.93. The van der Waals surface area contributed by atoms with Gasteiger partial charge in [0.2, 0.25) is 0 Å². The van der Waals surface area contributed by atoms with E-state index in [-0.39, 0.29) is 16.7 Å². The molecule has 1 N–H and O–H groups in total. The van der Waals surface area contributed by atoms with E-state index in [2.05, 4.69) is 0 Å². The summed E-state index contributed by atoms with van der Waals surface area (Å²) in [6, 6.07) is 3.63. The van der Waals surface area contributed by atoms with Crippen LogP contribution in [0.3, 0.4) is 0 Å². The number of benzene rings is 1. The zero-order valence-corrected chi connectivity index (χ0v) is 8.66. The Morgan fingerprint density at radius 2 is 2.06 bits per heavy atom. The molecule has 88 valence electrons. The average molecular weight is 237 g/mol. The maximum atomic E-state index is 10.9. The molecule has 0 unspecified atom stereocenters. The van der Waals surface area contributed by atoms with Crippen molar-refractivity contribution in [3.05, 3.63) is 33.9 Å². The third kappa shape index (κ3) is 2.27. The third-order valence-electron chi connectivity index (χ3n) is 2.35. The van der Waals surface area contributed by atoms with Crippen molar-refractivity contribution < 1.29 is 24.1 Å². The van der Waals surface area contributed by atoms with E-state index in [9.17, 15) is 14.9 Å². The van der Waals surface area contributed by atoms with Gasteiger partial charge in [-0.1, -0.05) is 6.07 Å². The number of hydrogen-bond donors (Lipinski definition) is 1. The van der Waals surface area contributed by atoms with E-state index in [0.29, 0.717) is 13.2 Å². The smallest absolute Gasteiger partial charge is 0.478 e. The van der Waals surface area contributed by atoms with Crippen molar-refractivity contribution >= 4 is 24.2 Å². The van der Waals surface area contributed by atoms with E-state index >= 15 is 0 Å². The minimum atomic E-state index is -1.21. The lowest BCUT2D eigenvalue weighted by Crippen LogP contribution is -2.33. The van der Waals surface area contributed by atoms with Crippen LogP contribution < -0.4 is 5.46 Å². The first kappa shape index (κ1) is 11.6. The van der Waals surface area contributed by atoms with Gasteiger partial charge in [-0.3, -0.25) is 10.1 Å². The van der Waals surface area contributed by atoms with Crippen LogP contribution in [0.2, 0.25) is 0 Å². The van der Waals surface area contributed by atoms with Crippen molar-refractivity contribution in [2.24, 2.45) is 0 Å². The normalized spacial score (nSPS) is 14.9. The SMILES string of the molecule is O=C(O)c1ccc(B2OCCO2)c([N+](=O)[O-])c1. The molecule has 17 heavy (non-hydrogen) atoms. The summed E-state index contributed by atoms with van der Waals surface area (Å²) in [7, 11) is -0.793. The van der Waals surface area contributed by atoms with Crippen molar-refractivity contribution in [1.29, 1.82) is 0 Å². The van der Waals surface area contributed by atoms with Gasteiger partial charge in [-0.2, -0.15) is 0 Å². The number of carboxylic acids is 1. The number of aromatic carboxylic acids is 1. The van der Waals surface area contributed by atoms with Crippen LogP contribution >= 0.6 is 0 Å². The second-order valence-corrected chi connectivity index (χ2v) is 3.41. The Kier molecular flexibility index (Phi) is 3.07. The standard InChI is InChI=1S/C9H8BNO6/c12-9(13)6-1-2-7(8(5-6)11(14)15)10-16-3-4-17-10/h1-2,5H,3-4H2,(H,12,13). The molecule has 1 aliphatic rings. The van der Waals surface area contributed by atoms with E-state index in [4.69, 9.17) is 14.4 Å². The lowest BCUT2D eigenvalue weighted by atomic mass is 9.77. The highest BCUT2D eigenvalue weighted by Crippen LogP contribution is 2.14. The molecule has 0 saturated carbocycles. The maximum Gasteiger partial charge on any atom is 0.501 e. The van der Waals surface area contributed by atoms with E-state index in [1.807, 2.05) is 0 Å². The lowest BCUT2D eigenvalue weighted by Gasteiger charge is -2.05. The summed E-state index contributed by atoms with van der Waals surface area (Å²) in [5, 5.41) is 19.6. The summed E-state index contributed by atoms with van der Waals surface area (Å²) in [4.78, 5) is 20.9. The molecule has 0 atom stereocenters. The fourth-order valence-electron chi connectivity index (χ4n) is 1.57. The van der Waals surface area contributed by atoms with E-state index in [1.54, 1.807) is 0 Å². The summed E-state index contributed by atoms with van der Waals surface area (Å²) >= 11 is 0. The monoisotopic (exact) mass is 237 g/mol. The summed E-state index contributed by atoms with van der Waals surface area (Å²) in [5.41, 5.74) is -0.215. The van der Waals surface area contributed by atoms with Gasteiger partial charge in [-0.25, -0.2) is 4.79 Å². The lowest BCUT2D eigenvalue weighted by molar-refractivity contribution is -0.383. The minimum absolute atomic E-state index is 0.140. The number of carboxylic acid groups (broad SMARTS) is 1. The van der Waals surface area contributed by atoms with Crippen molar-refractivity contribution in [2.75, 3.05) is 13.2 Å². The van der Waals surface area contributed by atoms with E-state index in [1.165, 1.54) is 12.1 Å². The van der Waals surface area contributed by atoms with Gasteiger partial charge in [0.25, 0.3) is 5.69 Å². The van der Waals surface area contributed by atoms with Gasteiger partial charge in [0.15, 0.2) is 0 Å². The van der Waals surface area contributed by atoms with Crippen molar-refractivity contribution in [3.63, 3.8) is 0 Å². The van der Waals surface area contributed by atoms with Gasteiger partial charge in [0.05, 0.1) is 29.2 Å². The first-order valence-corrected chi connectivity index (χ1v) is 4.84. The molecule has 2 rings (SSSR count). The number of rotatable bonds is 3. The van der Waals surface area contributed by atoms with E-state index in [0.717, 1.165) is 6.07 Å². The number of nitro groups is 1. The van der Waals surface area contributed by atoms with Gasteiger partial charge in [0.1, 0.15) is 0 Å². The molecule has 0 aliphatic carbocycles. The Morgan fingerprint density at radius 1 is 1.41 bits per heavy atom. The molecular formula is C9H8BNO6. The molecule has 1 fully saturated rings. The summed E-state index contributed by atoms with van der Waals surface area (Å²) in [5.74, 6) is -1.21. The largest absolute Gasteiger partial charge is 0.501 e. The van der Waals surface area contributed by atoms with Gasteiger partial charge in [0, 0.05) is 6.07 Å². The molecule has 1 saturated heterocycles.